The molecule has 22 heavy (non-hydrogen) atoms. The van der Waals surface area contributed by atoms with Crippen LogP contribution in [0.1, 0.15) is 12.0 Å². The van der Waals surface area contributed by atoms with Gasteiger partial charge >= 0.3 is 5.97 Å². The lowest BCUT2D eigenvalue weighted by atomic mass is 10.2. The molecule has 0 atom stereocenters. The number of benzene rings is 1. The zero-order chi connectivity index (χ0) is 16.6. The van der Waals surface area contributed by atoms with Crippen molar-refractivity contribution in [3.8, 4) is 5.75 Å². The van der Waals surface area contributed by atoms with Gasteiger partial charge in [-0.15, -0.1) is 0 Å². The summed E-state index contributed by atoms with van der Waals surface area (Å²) < 4.78 is 36.9. The van der Waals surface area contributed by atoms with Gasteiger partial charge in [0, 0.05) is 26.3 Å². The number of hydrogen-bond acceptors (Lipinski definition) is 5. The van der Waals surface area contributed by atoms with Gasteiger partial charge in [-0.1, -0.05) is 6.07 Å². The molecule has 0 saturated heterocycles. The number of nitrogens with one attached hydrogen (secondary N) is 1. The number of hydrogen-bond donors (Lipinski definition) is 2. The Kier molecular flexibility index (Phi) is 7.03. The Morgan fingerprint density at radius 2 is 2.09 bits per heavy atom. The van der Waals surface area contributed by atoms with Gasteiger partial charge in [-0.2, -0.15) is 0 Å². The zero-order valence-corrected chi connectivity index (χ0v) is 13.2. The summed E-state index contributed by atoms with van der Waals surface area (Å²) in [5.41, 5.74) is 0.445. The Morgan fingerprint density at radius 1 is 1.36 bits per heavy atom. The van der Waals surface area contributed by atoms with Crippen LogP contribution in [0, 0.1) is 0 Å². The Labute approximate surface area is 129 Å². The van der Waals surface area contributed by atoms with E-state index in [4.69, 9.17) is 14.6 Å². The summed E-state index contributed by atoms with van der Waals surface area (Å²) >= 11 is 0. The minimum absolute atomic E-state index is 0.0417. The van der Waals surface area contributed by atoms with Gasteiger partial charge in [0.1, 0.15) is 10.6 Å². The van der Waals surface area contributed by atoms with Gasteiger partial charge in [0.05, 0.1) is 7.11 Å². The zero-order valence-electron chi connectivity index (χ0n) is 12.4. The van der Waals surface area contributed by atoms with Crippen LogP contribution in [0.15, 0.2) is 29.2 Å². The molecule has 0 aliphatic heterocycles. The lowest BCUT2D eigenvalue weighted by molar-refractivity contribution is -0.131. The van der Waals surface area contributed by atoms with E-state index < -0.39 is 16.0 Å². The molecule has 0 aliphatic carbocycles. The van der Waals surface area contributed by atoms with Crippen LogP contribution in [0.4, 0.5) is 0 Å². The first-order chi connectivity index (χ1) is 10.4. The Morgan fingerprint density at radius 3 is 2.68 bits per heavy atom. The van der Waals surface area contributed by atoms with E-state index in [9.17, 15) is 13.2 Å². The fraction of sp³-hybridized carbons (Fsp3) is 0.357. The molecular weight excluding hydrogens is 310 g/mol. The highest BCUT2D eigenvalue weighted by Crippen LogP contribution is 2.25. The quantitative estimate of drug-likeness (QED) is 0.520. The van der Waals surface area contributed by atoms with Crippen molar-refractivity contribution >= 4 is 22.1 Å². The fourth-order valence-electron chi connectivity index (χ4n) is 1.68. The number of carbonyl (C=O) groups is 1. The van der Waals surface area contributed by atoms with Gasteiger partial charge in [-0.3, -0.25) is 0 Å². The van der Waals surface area contributed by atoms with Gasteiger partial charge in [0.15, 0.2) is 0 Å². The average Bonchev–Trinajstić information content (AvgIpc) is 2.49. The summed E-state index contributed by atoms with van der Waals surface area (Å²) in [6, 6.07) is 4.41. The monoisotopic (exact) mass is 329 g/mol. The first kappa shape index (κ1) is 18.1. The van der Waals surface area contributed by atoms with Crippen LogP contribution in [0.5, 0.6) is 5.75 Å². The first-order valence-corrected chi connectivity index (χ1v) is 7.96. The molecular formula is C14H19NO6S. The first-order valence-electron chi connectivity index (χ1n) is 6.48. The molecule has 0 spiro atoms. The number of carboxylic acids is 1. The second kappa shape index (κ2) is 8.52. The maximum absolute atomic E-state index is 12.3. The van der Waals surface area contributed by atoms with E-state index in [1.807, 2.05) is 0 Å². The van der Waals surface area contributed by atoms with Crippen LogP contribution in [-0.4, -0.2) is 46.9 Å². The van der Waals surface area contributed by atoms with Crippen molar-refractivity contribution in [2.24, 2.45) is 0 Å². The predicted molar refractivity (Wildman–Crippen MR) is 81.3 cm³/mol. The van der Waals surface area contributed by atoms with Crippen LogP contribution in [0.25, 0.3) is 6.08 Å². The van der Waals surface area contributed by atoms with Gasteiger partial charge in [-0.05, 0) is 30.2 Å². The molecule has 0 unspecified atom stereocenters. The van der Waals surface area contributed by atoms with Crippen LogP contribution in [0.3, 0.4) is 0 Å². The second-order valence-electron chi connectivity index (χ2n) is 4.33. The van der Waals surface area contributed by atoms with Crippen LogP contribution in [0.2, 0.25) is 0 Å². The van der Waals surface area contributed by atoms with E-state index in [1.165, 1.54) is 32.4 Å². The van der Waals surface area contributed by atoms with E-state index in [0.29, 0.717) is 18.6 Å². The summed E-state index contributed by atoms with van der Waals surface area (Å²) in [4.78, 5) is 10.5. The van der Waals surface area contributed by atoms with E-state index in [1.54, 1.807) is 6.07 Å². The van der Waals surface area contributed by atoms with Crippen molar-refractivity contribution in [2.75, 3.05) is 27.4 Å². The highest BCUT2D eigenvalue weighted by Gasteiger charge is 2.19. The number of sulfonamides is 1. The van der Waals surface area contributed by atoms with Crippen LogP contribution < -0.4 is 9.46 Å². The molecule has 0 heterocycles. The summed E-state index contributed by atoms with van der Waals surface area (Å²) in [6.07, 6.45) is 2.78. The summed E-state index contributed by atoms with van der Waals surface area (Å²) in [7, 11) is -0.852. The van der Waals surface area contributed by atoms with Crippen molar-refractivity contribution in [3.05, 3.63) is 29.8 Å². The van der Waals surface area contributed by atoms with Crippen molar-refractivity contribution < 1.29 is 27.8 Å². The molecule has 7 nitrogen and oxygen atoms in total. The number of carboxylic acid groups (broad SMARTS) is 1. The molecule has 1 aromatic carbocycles. The fourth-order valence-corrected chi connectivity index (χ4v) is 2.95. The molecule has 0 aliphatic rings. The molecule has 2 N–H and O–H groups in total. The Balaban J connectivity index is 3.03. The van der Waals surface area contributed by atoms with E-state index in [2.05, 4.69) is 4.72 Å². The molecule has 0 fully saturated rings. The van der Waals surface area contributed by atoms with Gasteiger partial charge in [0.25, 0.3) is 0 Å². The van der Waals surface area contributed by atoms with Crippen LogP contribution >= 0.6 is 0 Å². The van der Waals surface area contributed by atoms with Crippen molar-refractivity contribution in [3.63, 3.8) is 0 Å². The Bertz CT molecular complexity index is 639. The third-order valence-electron chi connectivity index (χ3n) is 2.71. The third-order valence-corrected chi connectivity index (χ3v) is 4.20. The number of rotatable bonds is 9. The normalized spacial score (nSPS) is 11.7. The smallest absolute Gasteiger partial charge is 0.328 e. The molecule has 122 valence electrons. The van der Waals surface area contributed by atoms with E-state index >= 15 is 0 Å². The van der Waals surface area contributed by atoms with Crippen molar-refractivity contribution in [1.29, 1.82) is 0 Å². The molecule has 1 aromatic rings. The molecule has 0 radical (unpaired) electrons. The number of ether oxygens (including phenoxy) is 2. The topological polar surface area (TPSA) is 102 Å². The summed E-state index contributed by atoms with van der Waals surface area (Å²) in [5.74, 6) is -0.926. The molecule has 8 heteroatoms. The minimum atomic E-state index is -3.76. The highest BCUT2D eigenvalue weighted by molar-refractivity contribution is 7.89. The maximum Gasteiger partial charge on any atom is 0.328 e. The van der Waals surface area contributed by atoms with Gasteiger partial charge < -0.3 is 14.6 Å². The second-order valence-corrected chi connectivity index (χ2v) is 6.06. The largest absolute Gasteiger partial charge is 0.495 e. The number of aliphatic carboxylic acids is 1. The lowest BCUT2D eigenvalue weighted by Gasteiger charge is -2.11. The van der Waals surface area contributed by atoms with Crippen molar-refractivity contribution in [1.82, 2.24) is 4.72 Å². The summed E-state index contributed by atoms with van der Waals surface area (Å²) in [6.45, 7) is 0.676. The summed E-state index contributed by atoms with van der Waals surface area (Å²) in [5, 5.41) is 8.62. The molecule has 0 saturated carbocycles. The molecule has 0 bridgehead atoms. The number of methoxy groups -OCH3 is 2. The molecule has 0 aromatic heterocycles. The minimum Gasteiger partial charge on any atom is -0.495 e. The molecule has 1 rings (SSSR count). The van der Waals surface area contributed by atoms with E-state index in [0.717, 1.165) is 6.08 Å². The molecule has 0 amide bonds. The standard InChI is InChI=1S/C14H19NO6S/c1-20-9-3-8-15-22(18,19)13-10-11(5-7-14(16)17)4-6-12(13)21-2/h4-7,10,15H,3,8-9H2,1-2H3,(H,16,17)/b7-5+. The Hall–Kier alpha value is -1.90. The van der Waals surface area contributed by atoms with E-state index in [-0.39, 0.29) is 17.2 Å². The predicted octanol–water partition coefficient (Wildman–Crippen LogP) is 1.11. The maximum atomic E-state index is 12.3. The van der Waals surface area contributed by atoms with Crippen LogP contribution in [-0.2, 0) is 19.6 Å². The SMILES string of the molecule is COCCCNS(=O)(=O)c1cc(/C=C/C(=O)O)ccc1OC. The van der Waals surface area contributed by atoms with Crippen molar-refractivity contribution in [2.45, 2.75) is 11.3 Å². The average molecular weight is 329 g/mol. The third kappa shape index (κ3) is 5.47. The van der Waals surface area contributed by atoms with Gasteiger partial charge in [0.2, 0.25) is 10.0 Å². The highest BCUT2D eigenvalue weighted by atomic mass is 32.2. The van der Waals surface area contributed by atoms with Gasteiger partial charge in [-0.25, -0.2) is 17.9 Å². The lowest BCUT2D eigenvalue weighted by Crippen LogP contribution is -2.26.